The number of allylic oxidation sites excluding steroid dienone is 1. The van der Waals surface area contributed by atoms with Gasteiger partial charge in [0.15, 0.2) is 0 Å². The molecule has 0 atom stereocenters. The lowest BCUT2D eigenvalue weighted by Crippen LogP contribution is -2.01. The number of aryl methyl sites for hydroxylation is 2. The second kappa shape index (κ2) is 11.6. The summed E-state index contributed by atoms with van der Waals surface area (Å²) in [5.74, 6) is 0.823. The van der Waals surface area contributed by atoms with Crippen molar-refractivity contribution in [2.24, 2.45) is 0 Å². The number of hydrogen-bond donors (Lipinski definition) is 1. The number of halogens is 1. The maximum absolute atomic E-state index is 13.0. The van der Waals surface area contributed by atoms with Crippen LogP contribution in [-0.2, 0) is 13.0 Å². The smallest absolute Gasteiger partial charge is 0.125 e. The van der Waals surface area contributed by atoms with E-state index >= 15 is 0 Å². The average molecular weight is 387 g/mol. The van der Waals surface area contributed by atoms with Gasteiger partial charge < -0.3 is 4.57 Å². The highest BCUT2D eigenvalue weighted by molar-refractivity contribution is 7.80. The summed E-state index contributed by atoms with van der Waals surface area (Å²) in [6.07, 6.45) is 1.95. The number of rotatable bonds is 4. The fourth-order valence-electron chi connectivity index (χ4n) is 2.67. The van der Waals surface area contributed by atoms with E-state index in [4.69, 9.17) is 0 Å². The van der Waals surface area contributed by atoms with Crippen molar-refractivity contribution in [2.45, 2.75) is 58.9 Å². The molecular formula is C23H31FN2S. The SMILES string of the molecule is C=C(C)c1cccc(S)c1.CC.CCCn1c(CC)nc2cc(F)ccc21. The number of hydrogen-bond acceptors (Lipinski definition) is 2. The van der Waals surface area contributed by atoms with Gasteiger partial charge in [0.1, 0.15) is 11.6 Å². The predicted molar refractivity (Wildman–Crippen MR) is 119 cm³/mol. The monoisotopic (exact) mass is 386 g/mol. The van der Waals surface area contributed by atoms with Gasteiger partial charge in [0.25, 0.3) is 0 Å². The van der Waals surface area contributed by atoms with Crippen LogP contribution in [0.5, 0.6) is 0 Å². The van der Waals surface area contributed by atoms with Gasteiger partial charge in [-0.05, 0) is 43.2 Å². The molecule has 1 heterocycles. The number of fused-ring (bicyclic) bond motifs is 1. The first-order valence-electron chi connectivity index (χ1n) is 9.55. The molecule has 146 valence electrons. The third-order valence-electron chi connectivity index (χ3n) is 3.89. The van der Waals surface area contributed by atoms with Crippen molar-refractivity contribution in [1.29, 1.82) is 0 Å². The normalized spacial score (nSPS) is 9.89. The Morgan fingerprint density at radius 2 is 1.85 bits per heavy atom. The lowest BCUT2D eigenvalue weighted by Gasteiger charge is -2.05. The van der Waals surface area contributed by atoms with Gasteiger partial charge in [-0.1, -0.05) is 52.0 Å². The second-order valence-corrected chi connectivity index (χ2v) is 6.51. The molecule has 3 aromatic rings. The van der Waals surface area contributed by atoms with Gasteiger partial charge in [0, 0.05) is 23.9 Å². The number of nitrogens with zero attached hydrogens (tertiary/aromatic N) is 2. The molecule has 0 aliphatic heterocycles. The molecule has 0 amide bonds. The van der Waals surface area contributed by atoms with Crippen LogP contribution >= 0.6 is 12.6 Å². The first-order chi connectivity index (χ1) is 13.0. The summed E-state index contributed by atoms with van der Waals surface area (Å²) in [5.41, 5.74) is 4.04. The molecule has 1 aromatic heterocycles. The first-order valence-corrected chi connectivity index (χ1v) is 10.0. The van der Waals surface area contributed by atoms with Gasteiger partial charge in [0.05, 0.1) is 11.0 Å². The fourth-order valence-corrected chi connectivity index (χ4v) is 2.89. The number of thiol groups is 1. The summed E-state index contributed by atoms with van der Waals surface area (Å²) in [6, 6.07) is 12.8. The van der Waals surface area contributed by atoms with Gasteiger partial charge in [-0.25, -0.2) is 9.37 Å². The van der Waals surface area contributed by atoms with Crippen LogP contribution in [0.4, 0.5) is 4.39 Å². The Hall–Kier alpha value is -2.07. The van der Waals surface area contributed by atoms with Crippen molar-refractivity contribution in [3.8, 4) is 0 Å². The Labute approximate surface area is 168 Å². The maximum atomic E-state index is 13.0. The molecule has 0 bridgehead atoms. The fraction of sp³-hybridized carbons (Fsp3) is 0.348. The molecule has 0 N–H and O–H groups in total. The summed E-state index contributed by atoms with van der Waals surface area (Å²) < 4.78 is 15.2. The zero-order chi connectivity index (χ0) is 20.4. The Kier molecular flexibility index (Phi) is 9.87. The Balaban J connectivity index is 0.000000265. The molecule has 0 saturated heterocycles. The zero-order valence-electron chi connectivity index (χ0n) is 17.1. The van der Waals surface area contributed by atoms with Crippen LogP contribution in [0.15, 0.2) is 53.9 Å². The average Bonchev–Trinajstić information content (AvgIpc) is 3.01. The number of benzene rings is 2. The minimum Gasteiger partial charge on any atom is -0.328 e. The van der Waals surface area contributed by atoms with Gasteiger partial charge in [-0.3, -0.25) is 0 Å². The van der Waals surface area contributed by atoms with Gasteiger partial charge in [0.2, 0.25) is 0 Å². The van der Waals surface area contributed by atoms with Crippen molar-refractivity contribution in [3.63, 3.8) is 0 Å². The molecule has 0 spiro atoms. The highest BCUT2D eigenvalue weighted by atomic mass is 32.1. The lowest BCUT2D eigenvalue weighted by atomic mass is 10.1. The highest BCUT2D eigenvalue weighted by Crippen LogP contribution is 2.18. The molecule has 0 aliphatic carbocycles. The number of aromatic nitrogens is 2. The maximum Gasteiger partial charge on any atom is 0.125 e. The quantitative estimate of drug-likeness (QED) is 0.470. The van der Waals surface area contributed by atoms with Crippen molar-refractivity contribution >= 4 is 29.2 Å². The van der Waals surface area contributed by atoms with E-state index in [-0.39, 0.29) is 5.82 Å². The Morgan fingerprint density at radius 1 is 1.15 bits per heavy atom. The van der Waals surface area contributed by atoms with Gasteiger partial charge in [-0.15, -0.1) is 12.6 Å². The predicted octanol–water partition coefficient (Wildman–Crippen LogP) is 7.18. The highest BCUT2D eigenvalue weighted by Gasteiger charge is 2.08. The zero-order valence-corrected chi connectivity index (χ0v) is 18.0. The van der Waals surface area contributed by atoms with E-state index in [1.54, 1.807) is 0 Å². The van der Waals surface area contributed by atoms with E-state index in [9.17, 15) is 4.39 Å². The second-order valence-electron chi connectivity index (χ2n) is 6.00. The van der Waals surface area contributed by atoms with Gasteiger partial charge >= 0.3 is 0 Å². The van der Waals surface area contributed by atoms with E-state index in [1.807, 2.05) is 51.1 Å². The van der Waals surface area contributed by atoms with Crippen molar-refractivity contribution in [3.05, 3.63) is 66.2 Å². The minimum absolute atomic E-state index is 0.216. The molecule has 3 rings (SSSR count). The first kappa shape index (κ1) is 23.0. The summed E-state index contributed by atoms with van der Waals surface area (Å²) in [4.78, 5) is 5.42. The van der Waals surface area contributed by atoms with Crippen LogP contribution in [0.3, 0.4) is 0 Å². The van der Waals surface area contributed by atoms with Crippen molar-refractivity contribution in [1.82, 2.24) is 9.55 Å². The van der Waals surface area contributed by atoms with Crippen LogP contribution in [0.1, 0.15) is 52.4 Å². The molecule has 0 saturated carbocycles. The molecule has 0 radical (unpaired) electrons. The van der Waals surface area contributed by atoms with Crippen LogP contribution in [0.25, 0.3) is 16.6 Å². The minimum atomic E-state index is -0.216. The van der Waals surface area contributed by atoms with E-state index in [0.717, 1.165) is 52.3 Å². The van der Waals surface area contributed by atoms with Crippen LogP contribution < -0.4 is 0 Å². The van der Waals surface area contributed by atoms with E-state index in [1.165, 1.54) is 12.1 Å². The van der Waals surface area contributed by atoms with Crippen LogP contribution in [-0.4, -0.2) is 9.55 Å². The summed E-state index contributed by atoms with van der Waals surface area (Å²) >= 11 is 4.21. The standard InChI is InChI=1S/C12H15FN2.C9H10S.C2H6/c1-3-7-15-11-6-5-9(13)8-10(11)14-12(15)4-2;1-7(2)8-4-3-5-9(10)6-8;1-2/h5-6,8H,3-4,7H2,1-2H3;3-6,10H,1H2,2H3;1-2H3. The molecule has 0 aliphatic rings. The third-order valence-corrected chi connectivity index (χ3v) is 4.17. The number of imidazole rings is 1. The molecular weight excluding hydrogens is 355 g/mol. The van der Waals surface area contributed by atoms with Crippen molar-refractivity contribution in [2.75, 3.05) is 0 Å². The van der Waals surface area contributed by atoms with E-state index < -0.39 is 0 Å². The topological polar surface area (TPSA) is 17.8 Å². The van der Waals surface area contributed by atoms with Gasteiger partial charge in [-0.2, -0.15) is 0 Å². The van der Waals surface area contributed by atoms with E-state index in [2.05, 4.69) is 42.6 Å². The molecule has 27 heavy (non-hydrogen) atoms. The molecule has 2 aromatic carbocycles. The summed E-state index contributed by atoms with van der Waals surface area (Å²) in [6.45, 7) is 15.0. The van der Waals surface area contributed by atoms with Crippen LogP contribution in [0.2, 0.25) is 0 Å². The van der Waals surface area contributed by atoms with E-state index in [0.29, 0.717) is 0 Å². The lowest BCUT2D eigenvalue weighted by molar-refractivity contribution is 0.629. The van der Waals surface area contributed by atoms with Crippen LogP contribution in [0, 0.1) is 5.82 Å². The molecule has 4 heteroatoms. The summed E-state index contributed by atoms with van der Waals surface area (Å²) in [5, 5.41) is 0. The molecule has 0 unspecified atom stereocenters. The third kappa shape index (κ3) is 6.55. The molecule has 2 nitrogen and oxygen atoms in total. The largest absolute Gasteiger partial charge is 0.328 e. The van der Waals surface area contributed by atoms with Crippen molar-refractivity contribution < 1.29 is 4.39 Å². The Morgan fingerprint density at radius 3 is 2.37 bits per heavy atom. The molecule has 0 fully saturated rings. The Bertz CT molecular complexity index is 868. The summed E-state index contributed by atoms with van der Waals surface area (Å²) in [7, 11) is 0.